The van der Waals surface area contributed by atoms with Gasteiger partial charge in [0.15, 0.2) is 17.4 Å². The van der Waals surface area contributed by atoms with Crippen molar-refractivity contribution < 1.29 is 18.8 Å². The number of halogens is 1. The molecule has 0 saturated heterocycles. The number of amides is 1. The Morgan fingerprint density at radius 3 is 2.33 bits per heavy atom. The lowest BCUT2D eigenvalue weighted by molar-refractivity contribution is -0.128. The van der Waals surface area contributed by atoms with Crippen LogP contribution in [0.25, 0.3) is 11.4 Å². The van der Waals surface area contributed by atoms with E-state index in [1.54, 1.807) is 12.1 Å². The Balaban J connectivity index is 1.95. The molecule has 2 unspecified atom stereocenters. The van der Waals surface area contributed by atoms with E-state index in [9.17, 15) is 18.8 Å². The van der Waals surface area contributed by atoms with Gasteiger partial charge in [-0.15, -0.1) is 0 Å². The van der Waals surface area contributed by atoms with E-state index < -0.39 is 17.7 Å². The van der Waals surface area contributed by atoms with Gasteiger partial charge in [-0.1, -0.05) is 0 Å². The van der Waals surface area contributed by atoms with Crippen molar-refractivity contribution in [2.24, 2.45) is 5.92 Å². The van der Waals surface area contributed by atoms with Crippen LogP contribution in [0.2, 0.25) is 0 Å². The maximum atomic E-state index is 13.0. The maximum absolute atomic E-state index is 13.0. The first-order valence-electron chi connectivity index (χ1n) is 8.68. The molecule has 1 aliphatic carbocycles. The number of rotatable bonds is 4. The molecule has 1 amide bonds. The monoisotopic (exact) mass is 369 g/mol. The first-order chi connectivity index (χ1) is 12.8. The Bertz CT molecular complexity index is 902. The molecule has 1 aliphatic rings. The first-order valence-corrected chi connectivity index (χ1v) is 8.68. The first kappa shape index (κ1) is 18.8. The van der Waals surface area contributed by atoms with Crippen molar-refractivity contribution >= 4 is 17.5 Å². The Morgan fingerprint density at radius 1 is 1.19 bits per heavy atom. The summed E-state index contributed by atoms with van der Waals surface area (Å²) < 4.78 is 13.0. The summed E-state index contributed by atoms with van der Waals surface area (Å²) in [7, 11) is 1.51. The van der Waals surface area contributed by atoms with Gasteiger partial charge in [0, 0.05) is 31.4 Å². The minimum absolute atomic E-state index is 0.0250. The van der Waals surface area contributed by atoms with Crippen LogP contribution < -0.4 is 5.32 Å². The highest BCUT2D eigenvalue weighted by Crippen LogP contribution is 2.38. The maximum Gasteiger partial charge on any atom is 0.220 e. The van der Waals surface area contributed by atoms with Crippen LogP contribution >= 0.6 is 0 Å². The van der Waals surface area contributed by atoms with E-state index in [4.69, 9.17) is 0 Å². The predicted molar refractivity (Wildman–Crippen MR) is 96.4 cm³/mol. The summed E-state index contributed by atoms with van der Waals surface area (Å²) >= 11 is 0. The lowest BCUT2D eigenvalue weighted by atomic mass is 9.86. The van der Waals surface area contributed by atoms with E-state index in [1.807, 2.05) is 13.8 Å². The Morgan fingerprint density at radius 2 is 1.78 bits per heavy atom. The third kappa shape index (κ3) is 3.63. The lowest BCUT2D eigenvalue weighted by Gasteiger charge is -2.17. The third-order valence-electron chi connectivity index (χ3n) is 4.93. The molecule has 0 bridgehead atoms. The summed E-state index contributed by atoms with van der Waals surface area (Å²) in [4.78, 5) is 44.9. The average molecular weight is 369 g/mol. The van der Waals surface area contributed by atoms with Crippen LogP contribution in [-0.2, 0) is 14.4 Å². The zero-order chi connectivity index (χ0) is 19.7. The Labute approximate surface area is 156 Å². The molecule has 0 aliphatic heterocycles. The number of carbonyl (C=O) groups is 3. The number of Topliss-reactive ketones (excluding diaryl/α,β-unsaturated/α-hetero) is 2. The zero-order valence-electron chi connectivity index (χ0n) is 15.4. The molecule has 1 heterocycles. The Kier molecular flexibility index (Phi) is 5.12. The number of hydrogen-bond acceptors (Lipinski definition) is 5. The number of nitrogens with one attached hydrogen (secondary N) is 1. The minimum Gasteiger partial charge on any atom is -0.359 e. The number of carbonyl (C=O) groups excluding carboxylic acids is 3. The smallest absolute Gasteiger partial charge is 0.220 e. The molecule has 1 aromatic carbocycles. The van der Waals surface area contributed by atoms with Gasteiger partial charge in [-0.2, -0.15) is 0 Å². The molecule has 2 atom stereocenters. The van der Waals surface area contributed by atoms with Crippen LogP contribution in [0.4, 0.5) is 4.39 Å². The molecular formula is C20H20FN3O3. The van der Waals surface area contributed by atoms with E-state index in [1.165, 1.54) is 7.05 Å². The van der Waals surface area contributed by atoms with Gasteiger partial charge >= 0.3 is 0 Å². The summed E-state index contributed by atoms with van der Waals surface area (Å²) in [6.07, 6.45) is 2.29. The minimum atomic E-state index is -0.845. The van der Waals surface area contributed by atoms with Gasteiger partial charge in [0.1, 0.15) is 11.7 Å². The number of ketones is 2. The fourth-order valence-corrected chi connectivity index (χ4v) is 3.68. The molecule has 6 nitrogen and oxygen atoms in total. The van der Waals surface area contributed by atoms with Crippen molar-refractivity contribution in [2.45, 2.75) is 32.6 Å². The molecule has 2 aromatic rings. The number of benzene rings is 1. The summed E-state index contributed by atoms with van der Waals surface area (Å²) in [5.41, 5.74) is 2.90. The molecule has 1 N–H and O–H groups in total. The summed E-state index contributed by atoms with van der Waals surface area (Å²) in [5, 5.41) is 2.49. The van der Waals surface area contributed by atoms with Crippen LogP contribution in [0.1, 0.15) is 35.4 Å². The molecule has 7 heteroatoms. The van der Waals surface area contributed by atoms with E-state index in [2.05, 4.69) is 15.3 Å². The second kappa shape index (κ2) is 7.34. The summed E-state index contributed by atoms with van der Waals surface area (Å²) in [6.45, 7) is 3.64. The highest BCUT2D eigenvalue weighted by atomic mass is 19.1. The molecule has 0 radical (unpaired) electrons. The number of hydrogen-bond donors (Lipinski definition) is 1. The van der Waals surface area contributed by atoms with Crippen molar-refractivity contribution in [3.05, 3.63) is 47.0 Å². The fraction of sp³-hybridized carbons (Fsp3) is 0.350. The van der Waals surface area contributed by atoms with Crippen LogP contribution in [0.5, 0.6) is 0 Å². The normalized spacial score (nSPS) is 19.4. The Hall–Kier alpha value is -2.96. The third-order valence-corrected chi connectivity index (χ3v) is 4.93. The van der Waals surface area contributed by atoms with Gasteiger partial charge in [-0.05, 0) is 42.7 Å². The molecule has 3 rings (SSSR count). The predicted octanol–water partition coefficient (Wildman–Crippen LogP) is 2.28. The quantitative estimate of drug-likeness (QED) is 0.835. The zero-order valence-corrected chi connectivity index (χ0v) is 15.4. The average Bonchev–Trinajstić information content (AvgIpc) is 2.89. The van der Waals surface area contributed by atoms with E-state index in [0.717, 1.165) is 23.5 Å². The van der Waals surface area contributed by atoms with Crippen LogP contribution in [0.3, 0.4) is 0 Å². The van der Waals surface area contributed by atoms with E-state index in [-0.39, 0.29) is 30.3 Å². The van der Waals surface area contributed by atoms with Gasteiger partial charge in [-0.3, -0.25) is 14.4 Å². The molecule has 1 saturated carbocycles. The van der Waals surface area contributed by atoms with Gasteiger partial charge in [-0.25, -0.2) is 14.4 Å². The number of aryl methyl sites for hydroxylation is 2. The molecular weight excluding hydrogens is 349 g/mol. The van der Waals surface area contributed by atoms with Crippen LogP contribution in [0, 0.1) is 25.6 Å². The van der Waals surface area contributed by atoms with E-state index >= 15 is 0 Å². The largest absolute Gasteiger partial charge is 0.359 e. The van der Waals surface area contributed by atoms with Crippen LogP contribution in [-0.4, -0.2) is 34.5 Å². The molecule has 27 heavy (non-hydrogen) atoms. The summed E-state index contributed by atoms with van der Waals surface area (Å²) in [6, 6.07) is 3.59. The molecule has 1 aromatic heterocycles. The van der Waals surface area contributed by atoms with Gasteiger partial charge < -0.3 is 5.32 Å². The lowest BCUT2D eigenvalue weighted by Crippen LogP contribution is -2.24. The highest BCUT2D eigenvalue weighted by molar-refractivity contribution is 6.15. The molecule has 0 spiro atoms. The fourth-order valence-electron chi connectivity index (χ4n) is 3.68. The second-order valence-corrected chi connectivity index (χ2v) is 6.83. The van der Waals surface area contributed by atoms with Crippen molar-refractivity contribution in [1.82, 2.24) is 15.3 Å². The van der Waals surface area contributed by atoms with E-state index in [0.29, 0.717) is 17.0 Å². The standard InChI is InChI=1S/C20H20FN3O3/c1-10-4-13(20-23-8-14(21)9-24-20)5-11(2)17(10)18-15(25)6-12(19(18)27)7-16(26)22-3/h4-5,8-9,12,18H,6-7H2,1-3H3,(H,22,26). The van der Waals surface area contributed by atoms with Crippen molar-refractivity contribution in [3.63, 3.8) is 0 Å². The number of aromatic nitrogens is 2. The van der Waals surface area contributed by atoms with Gasteiger partial charge in [0.2, 0.25) is 5.91 Å². The van der Waals surface area contributed by atoms with Crippen LogP contribution in [0.15, 0.2) is 24.5 Å². The van der Waals surface area contributed by atoms with Gasteiger partial charge in [0.25, 0.3) is 0 Å². The number of nitrogens with zero attached hydrogens (tertiary/aromatic N) is 2. The second-order valence-electron chi connectivity index (χ2n) is 6.83. The SMILES string of the molecule is CNC(=O)CC1CC(=O)C(c2c(C)cc(-c3ncc(F)cn3)cc2C)C1=O. The van der Waals surface area contributed by atoms with Crippen molar-refractivity contribution in [1.29, 1.82) is 0 Å². The summed E-state index contributed by atoms with van der Waals surface area (Å²) in [5.74, 6) is -2.20. The topological polar surface area (TPSA) is 89.0 Å². The van der Waals surface area contributed by atoms with Crippen molar-refractivity contribution in [3.8, 4) is 11.4 Å². The van der Waals surface area contributed by atoms with Crippen molar-refractivity contribution in [2.75, 3.05) is 7.05 Å². The molecule has 1 fully saturated rings. The highest BCUT2D eigenvalue weighted by Gasteiger charge is 2.43. The van der Waals surface area contributed by atoms with Gasteiger partial charge in [0.05, 0.1) is 12.4 Å². The molecule has 140 valence electrons.